The van der Waals surface area contributed by atoms with Gasteiger partial charge >= 0.3 is 12.3 Å². The Morgan fingerprint density at radius 3 is 2.14 bits per heavy atom. The van der Waals surface area contributed by atoms with Gasteiger partial charge in [0.25, 0.3) is 0 Å². The van der Waals surface area contributed by atoms with Gasteiger partial charge in [0.05, 0.1) is 11.2 Å². The van der Waals surface area contributed by atoms with Gasteiger partial charge in [-0.2, -0.15) is 13.2 Å². The lowest BCUT2D eigenvalue weighted by Gasteiger charge is -2.51. The third-order valence-corrected chi connectivity index (χ3v) is 5.51. The van der Waals surface area contributed by atoms with Crippen LogP contribution in [0.3, 0.4) is 0 Å². The minimum atomic E-state index is -4.37. The Bertz CT molecular complexity index is 695. The normalized spacial score (nSPS) is 28.2. The molecule has 28 heavy (non-hydrogen) atoms. The first-order valence-corrected chi connectivity index (χ1v) is 9.76. The molecule has 2 bridgehead atoms. The maximum Gasteiger partial charge on any atom is 0.416 e. The lowest BCUT2D eigenvalue weighted by molar-refractivity contribution is -0.137. The number of fused-ring (bicyclic) bond motifs is 2. The van der Waals surface area contributed by atoms with Crippen molar-refractivity contribution in [1.29, 1.82) is 0 Å². The number of rotatable bonds is 2. The molecular weight excluding hydrogens is 371 g/mol. The van der Waals surface area contributed by atoms with E-state index in [1.165, 1.54) is 12.1 Å². The second kappa shape index (κ2) is 7.25. The number of hydrogen-bond donors (Lipinski definition) is 1. The van der Waals surface area contributed by atoms with E-state index < -0.39 is 22.9 Å². The van der Waals surface area contributed by atoms with Crippen LogP contribution < -0.4 is 0 Å². The van der Waals surface area contributed by atoms with Crippen molar-refractivity contribution >= 4 is 6.09 Å². The summed E-state index contributed by atoms with van der Waals surface area (Å²) in [4.78, 5) is 14.4. The number of nitrogens with zero attached hydrogens (tertiary/aromatic N) is 1. The van der Waals surface area contributed by atoms with Crippen molar-refractivity contribution in [3.8, 4) is 0 Å². The summed E-state index contributed by atoms with van der Waals surface area (Å²) >= 11 is 0. The number of piperidine rings is 2. The molecule has 0 spiro atoms. The SMILES string of the molecule is CC(C)(C)OC(=O)N1C2CCCC1CC(O)(Cc1ccc(C(F)(F)F)cc1)C2. The van der Waals surface area contributed by atoms with E-state index in [1.54, 1.807) is 4.90 Å². The first-order valence-electron chi connectivity index (χ1n) is 9.76. The Balaban J connectivity index is 1.72. The average Bonchev–Trinajstić information content (AvgIpc) is 2.51. The largest absolute Gasteiger partial charge is 0.444 e. The molecule has 0 aliphatic carbocycles. The zero-order chi connectivity index (χ0) is 20.7. The van der Waals surface area contributed by atoms with Crippen LogP contribution in [0.15, 0.2) is 24.3 Å². The molecule has 1 aromatic carbocycles. The Kier molecular flexibility index (Phi) is 5.42. The van der Waals surface area contributed by atoms with Crippen molar-refractivity contribution in [3.63, 3.8) is 0 Å². The van der Waals surface area contributed by atoms with Gasteiger partial charge in [-0.1, -0.05) is 12.1 Å². The topological polar surface area (TPSA) is 49.8 Å². The van der Waals surface area contributed by atoms with E-state index in [0.717, 1.165) is 31.4 Å². The number of carbonyl (C=O) groups is 1. The van der Waals surface area contributed by atoms with Gasteiger partial charge in [-0.25, -0.2) is 4.79 Å². The van der Waals surface area contributed by atoms with Crippen molar-refractivity contribution < 1.29 is 27.8 Å². The van der Waals surface area contributed by atoms with Crippen molar-refractivity contribution in [1.82, 2.24) is 4.90 Å². The fraction of sp³-hybridized carbons (Fsp3) is 0.667. The van der Waals surface area contributed by atoms with Crippen LogP contribution in [-0.4, -0.2) is 39.4 Å². The summed E-state index contributed by atoms with van der Waals surface area (Å²) in [7, 11) is 0. The summed E-state index contributed by atoms with van der Waals surface area (Å²) in [5.41, 5.74) is -1.65. The third-order valence-electron chi connectivity index (χ3n) is 5.51. The molecule has 156 valence electrons. The summed E-state index contributed by atoms with van der Waals surface area (Å²) in [5, 5.41) is 11.2. The number of amides is 1. The second-order valence-corrected chi connectivity index (χ2v) is 9.13. The summed E-state index contributed by atoms with van der Waals surface area (Å²) in [6.07, 6.45) is -1.04. The summed E-state index contributed by atoms with van der Waals surface area (Å²) in [6, 6.07) is 4.74. The highest BCUT2D eigenvalue weighted by molar-refractivity contribution is 5.69. The van der Waals surface area contributed by atoms with E-state index in [2.05, 4.69) is 0 Å². The van der Waals surface area contributed by atoms with Crippen molar-refractivity contribution in [3.05, 3.63) is 35.4 Å². The van der Waals surface area contributed by atoms with Gasteiger partial charge in [-0.3, -0.25) is 0 Å². The quantitative estimate of drug-likeness (QED) is 0.767. The average molecular weight is 399 g/mol. The first-order chi connectivity index (χ1) is 12.9. The molecule has 2 unspecified atom stereocenters. The van der Waals surface area contributed by atoms with Gasteiger partial charge in [0.1, 0.15) is 5.60 Å². The minimum Gasteiger partial charge on any atom is -0.444 e. The number of carbonyl (C=O) groups excluding carboxylic acids is 1. The fourth-order valence-electron chi connectivity index (χ4n) is 4.48. The first kappa shape index (κ1) is 21.0. The van der Waals surface area contributed by atoms with E-state index in [4.69, 9.17) is 4.74 Å². The molecule has 2 heterocycles. The summed E-state index contributed by atoms with van der Waals surface area (Å²) in [6.45, 7) is 5.47. The van der Waals surface area contributed by atoms with Crippen LogP contribution in [-0.2, 0) is 17.3 Å². The molecule has 7 heteroatoms. The Hall–Kier alpha value is -1.76. The Morgan fingerprint density at radius 2 is 1.68 bits per heavy atom. The van der Waals surface area contributed by atoms with Crippen molar-refractivity contribution in [2.24, 2.45) is 0 Å². The molecule has 1 N–H and O–H groups in total. The van der Waals surface area contributed by atoms with Crippen LogP contribution in [0.1, 0.15) is 64.0 Å². The van der Waals surface area contributed by atoms with E-state index in [9.17, 15) is 23.1 Å². The maximum absolute atomic E-state index is 12.7. The van der Waals surface area contributed by atoms with Gasteiger partial charge in [0.2, 0.25) is 0 Å². The number of ether oxygens (including phenoxy) is 1. The zero-order valence-electron chi connectivity index (χ0n) is 16.6. The van der Waals surface area contributed by atoms with E-state index >= 15 is 0 Å². The monoisotopic (exact) mass is 399 g/mol. The highest BCUT2D eigenvalue weighted by atomic mass is 19.4. The molecule has 2 atom stereocenters. The molecule has 2 fully saturated rings. The highest BCUT2D eigenvalue weighted by Gasteiger charge is 2.48. The lowest BCUT2D eigenvalue weighted by atomic mass is 9.73. The summed E-state index contributed by atoms with van der Waals surface area (Å²) in [5.74, 6) is 0. The van der Waals surface area contributed by atoms with Gasteiger partial charge in [0.15, 0.2) is 0 Å². The standard InChI is InChI=1S/C21H28F3NO3/c1-19(2,3)28-18(26)25-16-5-4-6-17(25)13-20(27,12-16)11-14-7-9-15(10-8-14)21(22,23)24/h7-10,16-17,27H,4-6,11-13H2,1-3H3. The number of aliphatic hydroxyl groups is 1. The van der Waals surface area contributed by atoms with Crippen LogP contribution in [0.25, 0.3) is 0 Å². The molecule has 3 rings (SSSR count). The molecule has 2 aliphatic rings. The van der Waals surface area contributed by atoms with Crippen molar-refractivity contribution in [2.75, 3.05) is 0 Å². The smallest absolute Gasteiger partial charge is 0.416 e. The molecule has 2 aliphatic heterocycles. The fourth-order valence-corrected chi connectivity index (χ4v) is 4.48. The Morgan fingerprint density at radius 1 is 1.14 bits per heavy atom. The molecule has 1 aromatic rings. The van der Waals surface area contributed by atoms with Gasteiger partial charge in [-0.15, -0.1) is 0 Å². The molecule has 0 aromatic heterocycles. The van der Waals surface area contributed by atoms with Crippen LogP contribution in [0, 0.1) is 0 Å². The Labute approximate surface area is 163 Å². The van der Waals surface area contributed by atoms with Crippen LogP contribution in [0.2, 0.25) is 0 Å². The van der Waals surface area contributed by atoms with Gasteiger partial charge in [-0.05, 0) is 70.6 Å². The van der Waals surface area contributed by atoms with Gasteiger partial charge in [0, 0.05) is 18.5 Å². The minimum absolute atomic E-state index is 0.109. The van der Waals surface area contributed by atoms with Crippen LogP contribution >= 0.6 is 0 Å². The van der Waals surface area contributed by atoms with Crippen molar-refractivity contribution in [2.45, 2.75) is 88.8 Å². The number of halogens is 3. The predicted octanol–water partition coefficient (Wildman–Crippen LogP) is 4.93. The number of hydrogen-bond acceptors (Lipinski definition) is 3. The van der Waals surface area contributed by atoms with Gasteiger partial charge < -0.3 is 14.7 Å². The molecule has 0 saturated carbocycles. The second-order valence-electron chi connectivity index (χ2n) is 9.13. The molecule has 1 amide bonds. The molecule has 2 saturated heterocycles. The van der Waals surface area contributed by atoms with E-state index in [-0.39, 0.29) is 24.6 Å². The highest BCUT2D eigenvalue weighted by Crippen LogP contribution is 2.41. The predicted molar refractivity (Wildman–Crippen MR) is 98.8 cm³/mol. The van der Waals surface area contributed by atoms with Crippen LogP contribution in [0.4, 0.5) is 18.0 Å². The number of benzene rings is 1. The lowest BCUT2D eigenvalue weighted by Crippen LogP contribution is -2.61. The summed E-state index contributed by atoms with van der Waals surface area (Å²) < 4.78 is 43.8. The number of alkyl halides is 3. The van der Waals surface area contributed by atoms with E-state index in [1.807, 2.05) is 20.8 Å². The third kappa shape index (κ3) is 4.80. The maximum atomic E-state index is 12.7. The van der Waals surface area contributed by atoms with E-state index in [0.29, 0.717) is 18.4 Å². The molecule has 0 radical (unpaired) electrons. The van der Waals surface area contributed by atoms with Crippen LogP contribution in [0.5, 0.6) is 0 Å². The molecule has 4 nitrogen and oxygen atoms in total. The zero-order valence-corrected chi connectivity index (χ0v) is 16.6. The molecular formula is C21H28F3NO3.